The van der Waals surface area contributed by atoms with Gasteiger partial charge in [-0.05, 0) is 37.1 Å². The van der Waals surface area contributed by atoms with Crippen LogP contribution in [-0.4, -0.2) is 37.0 Å². The van der Waals surface area contributed by atoms with E-state index >= 15 is 0 Å². The van der Waals surface area contributed by atoms with Gasteiger partial charge in [-0.15, -0.1) is 0 Å². The third-order valence-electron chi connectivity index (χ3n) is 5.60. The van der Waals surface area contributed by atoms with Crippen molar-refractivity contribution in [1.29, 1.82) is 0 Å². The van der Waals surface area contributed by atoms with Crippen molar-refractivity contribution in [3.63, 3.8) is 0 Å². The average molecular weight is 464 g/mol. The fourth-order valence-corrected chi connectivity index (χ4v) is 3.90. The second-order valence-electron chi connectivity index (χ2n) is 8.03. The third kappa shape index (κ3) is 6.78. The van der Waals surface area contributed by atoms with Crippen LogP contribution in [0, 0.1) is 5.92 Å². The third-order valence-corrected chi connectivity index (χ3v) is 5.60. The average Bonchev–Trinajstić information content (AvgIpc) is 2.87. The number of rotatable bonds is 9. The second kappa shape index (κ2) is 12.3. The van der Waals surface area contributed by atoms with Gasteiger partial charge < -0.3 is 20.7 Å². The highest BCUT2D eigenvalue weighted by atomic mass is 16.5. The van der Waals surface area contributed by atoms with Gasteiger partial charge in [-0.3, -0.25) is 9.59 Å². The van der Waals surface area contributed by atoms with Crippen LogP contribution in [0.15, 0.2) is 61.2 Å². The van der Waals surface area contributed by atoms with Gasteiger partial charge in [-0.1, -0.05) is 56.2 Å². The summed E-state index contributed by atoms with van der Waals surface area (Å²) in [6.07, 6.45) is 6.37. The zero-order valence-electron chi connectivity index (χ0n) is 19.0. The van der Waals surface area contributed by atoms with Crippen molar-refractivity contribution in [1.82, 2.24) is 10.6 Å². The first kappa shape index (κ1) is 24.7. The summed E-state index contributed by atoms with van der Waals surface area (Å²) in [5.74, 6) is -1.01. The van der Waals surface area contributed by atoms with Crippen LogP contribution in [0.4, 0.5) is 10.5 Å². The predicted octanol–water partition coefficient (Wildman–Crippen LogP) is 4.30. The van der Waals surface area contributed by atoms with E-state index in [0.717, 1.165) is 32.1 Å². The number of esters is 1. The molecule has 1 aliphatic carbocycles. The van der Waals surface area contributed by atoms with Gasteiger partial charge in [0.2, 0.25) is 0 Å². The van der Waals surface area contributed by atoms with Gasteiger partial charge in [0.25, 0.3) is 5.91 Å². The van der Waals surface area contributed by atoms with E-state index in [2.05, 4.69) is 22.5 Å². The number of anilines is 1. The molecule has 0 aromatic heterocycles. The van der Waals surface area contributed by atoms with Crippen LogP contribution in [0.3, 0.4) is 0 Å². The first-order valence-corrected chi connectivity index (χ1v) is 11.3. The summed E-state index contributed by atoms with van der Waals surface area (Å²) in [4.78, 5) is 49.8. The van der Waals surface area contributed by atoms with Crippen molar-refractivity contribution in [3.05, 3.63) is 77.9 Å². The minimum Gasteiger partial charge on any atom is -0.458 e. The highest BCUT2D eigenvalue weighted by Crippen LogP contribution is 2.28. The van der Waals surface area contributed by atoms with E-state index in [9.17, 15) is 19.2 Å². The lowest BCUT2D eigenvalue weighted by atomic mass is 9.83. The quantitative estimate of drug-likeness (QED) is 0.222. The minimum absolute atomic E-state index is 0.00245. The number of carbonyl (C=O) groups excluding carboxylic acids is 4. The Bertz CT molecular complexity index is 1060. The van der Waals surface area contributed by atoms with Crippen molar-refractivity contribution in [2.24, 2.45) is 5.92 Å². The van der Waals surface area contributed by atoms with Crippen molar-refractivity contribution in [2.75, 3.05) is 18.6 Å². The molecule has 1 fully saturated rings. The van der Waals surface area contributed by atoms with Crippen LogP contribution in [-0.2, 0) is 4.74 Å². The van der Waals surface area contributed by atoms with E-state index in [1.165, 1.54) is 12.1 Å². The monoisotopic (exact) mass is 463 g/mol. The molecule has 2 aromatic carbocycles. The molecular formula is C26H29N3O5. The Labute approximate surface area is 198 Å². The van der Waals surface area contributed by atoms with Crippen LogP contribution in [0.25, 0.3) is 0 Å². The Morgan fingerprint density at radius 3 is 2.41 bits per heavy atom. The number of ketones is 1. The summed E-state index contributed by atoms with van der Waals surface area (Å²) in [6, 6.07) is 12.5. The molecule has 178 valence electrons. The molecule has 8 nitrogen and oxygen atoms in total. The smallest absolute Gasteiger partial charge is 0.338 e. The molecule has 0 radical (unpaired) electrons. The van der Waals surface area contributed by atoms with E-state index in [1.54, 1.807) is 42.5 Å². The lowest BCUT2D eigenvalue weighted by molar-refractivity contribution is 0.0549. The lowest BCUT2D eigenvalue weighted by Gasteiger charge is -2.21. The zero-order valence-corrected chi connectivity index (χ0v) is 19.0. The molecule has 1 aliphatic rings. The predicted molar refractivity (Wildman–Crippen MR) is 129 cm³/mol. The van der Waals surface area contributed by atoms with Gasteiger partial charge in [-0.2, -0.15) is 0 Å². The number of ether oxygens (including phenoxy) is 1. The summed E-state index contributed by atoms with van der Waals surface area (Å²) in [5, 5.41) is 7.75. The molecule has 2 aromatic rings. The van der Waals surface area contributed by atoms with E-state index in [0.29, 0.717) is 16.8 Å². The molecule has 0 saturated heterocycles. The van der Waals surface area contributed by atoms with Gasteiger partial charge in [0.15, 0.2) is 5.78 Å². The number of nitrogens with one attached hydrogen (secondary N) is 3. The maximum atomic E-state index is 12.9. The number of benzene rings is 2. The molecule has 3 amide bonds. The molecule has 0 bridgehead atoms. The van der Waals surface area contributed by atoms with Crippen LogP contribution in [0.2, 0.25) is 0 Å². The number of hydrogen-bond acceptors (Lipinski definition) is 5. The zero-order chi connectivity index (χ0) is 24.3. The Balaban J connectivity index is 1.53. The maximum absolute atomic E-state index is 12.9. The summed E-state index contributed by atoms with van der Waals surface area (Å²) in [7, 11) is 0. The summed E-state index contributed by atoms with van der Waals surface area (Å²) >= 11 is 0. The first-order valence-electron chi connectivity index (χ1n) is 11.3. The first-order chi connectivity index (χ1) is 16.5. The van der Waals surface area contributed by atoms with Crippen LogP contribution in [0.1, 0.15) is 63.2 Å². The molecular weight excluding hydrogens is 434 g/mol. The number of urea groups is 1. The molecule has 0 atom stereocenters. The van der Waals surface area contributed by atoms with Crippen molar-refractivity contribution < 1.29 is 23.9 Å². The maximum Gasteiger partial charge on any atom is 0.338 e. The summed E-state index contributed by atoms with van der Waals surface area (Å²) in [6.45, 7) is 3.44. The van der Waals surface area contributed by atoms with E-state index in [1.807, 2.05) is 0 Å². The highest BCUT2D eigenvalue weighted by molar-refractivity contribution is 6.09. The van der Waals surface area contributed by atoms with E-state index < -0.39 is 17.9 Å². The lowest BCUT2D eigenvalue weighted by Crippen LogP contribution is -2.39. The van der Waals surface area contributed by atoms with Gasteiger partial charge in [0.1, 0.15) is 6.61 Å². The van der Waals surface area contributed by atoms with Crippen molar-refractivity contribution in [2.45, 2.75) is 32.1 Å². The SMILES string of the molecule is C=CCOC(=O)c1cccc(NC(=O)NCNC(=O)c2ccccc2C(=O)C2CCCCC2)c1. The van der Waals surface area contributed by atoms with Gasteiger partial charge in [0, 0.05) is 17.2 Å². The number of carbonyl (C=O) groups is 4. The Morgan fingerprint density at radius 2 is 1.68 bits per heavy atom. The molecule has 0 heterocycles. The van der Waals surface area contributed by atoms with Gasteiger partial charge >= 0.3 is 12.0 Å². The Kier molecular flexibility index (Phi) is 8.96. The molecule has 0 aliphatic heterocycles. The molecule has 3 N–H and O–H groups in total. The second-order valence-corrected chi connectivity index (χ2v) is 8.03. The van der Waals surface area contributed by atoms with Crippen molar-refractivity contribution >= 4 is 29.4 Å². The van der Waals surface area contributed by atoms with Crippen LogP contribution in [0.5, 0.6) is 0 Å². The number of hydrogen-bond donors (Lipinski definition) is 3. The fraction of sp³-hybridized carbons (Fsp3) is 0.308. The highest BCUT2D eigenvalue weighted by Gasteiger charge is 2.25. The fourth-order valence-electron chi connectivity index (χ4n) is 3.90. The molecule has 3 rings (SSSR count). The van der Waals surface area contributed by atoms with Crippen LogP contribution >= 0.6 is 0 Å². The number of amides is 3. The molecule has 8 heteroatoms. The minimum atomic E-state index is -0.566. The normalized spacial score (nSPS) is 13.4. The van der Waals surface area contributed by atoms with Gasteiger partial charge in [0.05, 0.1) is 17.8 Å². The number of Topliss-reactive ketones (excluding diaryl/α,β-unsaturated/α-hetero) is 1. The topological polar surface area (TPSA) is 114 Å². The molecule has 0 spiro atoms. The van der Waals surface area contributed by atoms with E-state index in [4.69, 9.17) is 4.74 Å². The largest absolute Gasteiger partial charge is 0.458 e. The Hall–Kier alpha value is -3.94. The molecule has 34 heavy (non-hydrogen) atoms. The van der Waals surface area contributed by atoms with Gasteiger partial charge in [-0.25, -0.2) is 9.59 Å². The standard InChI is InChI=1S/C26H29N3O5/c1-2-15-34-25(32)19-11-8-12-20(16-19)29-26(33)28-17-27-24(31)22-14-7-6-13-21(22)23(30)18-9-4-3-5-10-18/h2,6-8,11-14,16,18H,1,3-5,9-10,15,17H2,(H,27,31)(H2,28,29,33). The molecule has 0 unspecified atom stereocenters. The van der Waals surface area contributed by atoms with Crippen LogP contribution < -0.4 is 16.0 Å². The molecule has 1 saturated carbocycles. The van der Waals surface area contributed by atoms with E-state index in [-0.39, 0.29) is 30.5 Å². The summed E-state index contributed by atoms with van der Waals surface area (Å²) in [5.41, 5.74) is 1.38. The Morgan fingerprint density at radius 1 is 0.941 bits per heavy atom. The van der Waals surface area contributed by atoms with Crippen molar-refractivity contribution in [3.8, 4) is 0 Å². The summed E-state index contributed by atoms with van der Waals surface area (Å²) < 4.78 is 4.98.